The van der Waals surface area contributed by atoms with Crippen LogP contribution in [0, 0.1) is 0 Å². The third-order valence-corrected chi connectivity index (χ3v) is 2.71. The number of carbonyl (C=O) groups excluding carboxylic acids is 1. The molecule has 4 nitrogen and oxygen atoms in total. The van der Waals surface area contributed by atoms with Crippen LogP contribution in [0.2, 0.25) is 0 Å². The van der Waals surface area contributed by atoms with Crippen LogP contribution in [-0.2, 0) is 11.3 Å². The second kappa shape index (κ2) is 7.81. The molecular weight excluding hydrogens is 214 g/mol. The Morgan fingerprint density at radius 3 is 2.65 bits per heavy atom. The molecule has 1 aromatic carbocycles. The topological polar surface area (TPSA) is 67.2 Å². The number of nitrogens with one attached hydrogen (secondary N) is 2. The summed E-state index contributed by atoms with van der Waals surface area (Å²) >= 11 is 0. The van der Waals surface area contributed by atoms with Crippen molar-refractivity contribution < 1.29 is 4.79 Å². The summed E-state index contributed by atoms with van der Waals surface area (Å²) in [4.78, 5) is 11.0. The van der Waals surface area contributed by atoms with Gasteiger partial charge >= 0.3 is 0 Å². The predicted molar refractivity (Wildman–Crippen MR) is 69.4 cm³/mol. The molecule has 0 radical (unpaired) electrons. The van der Waals surface area contributed by atoms with E-state index in [2.05, 4.69) is 22.8 Å². The minimum Gasteiger partial charge on any atom is -0.368 e. The fourth-order valence-electron chi connectivity index (χ4n) is 1.69. The highest BCUT2D eigenvalue weighted by molar-refractivity contribution is 5.79. The average molecular weight is 235 g/mol. The molecule has 4 N–H and O–H groups in total. The van der Waals surface area contributed by atoms with Crippen molar-refractivity contribution in [1.29, 1.82) is 0 Å². The maximum Gasteiger partial charge on any atom is 0.234 e. The number of primary amides is 1. The van der Waals surface area contributed by atoms with Gasteiger partial charge in [-0.3, -0.25) is 4.79 Å². The van der Waals surface area contributed by atoms with Crippen LogP contribution in [0.15, 0.2) is 30.3 Å². The first-order valence-corrected chi connectivity index (χ1v) is 5.95. The standard InChI is InChI=1S/C13H21N3O/c1-15-12(13(14)17)8-5-9-16-10-11-6-3-2-4-7-11/h2-4,6-7,12,15-16H,5,8-10H2,1H3,(H2,14,17)/t12-/m0/s1. The van der Waals surface area contributed by atoms with E-state index in [1.807, 2.05) is 18.2 Å². The molecule has 0 heterocycles. The van der Waals surface area contributed by atoms with Crippen molar-refractivity contribution in [1.82, 2.24) is 10.6 Å². The van der Waals surface area contributed by atoms with E-state index in [4.69, 9.17) is 5.73 Å². The van der Waals surface area contributed by atoms with Crippen LogP contribution >= 0.6 is 0 Å². The summed E-state index contributed by atoms with van der Waals surface area (Å²) in [5.74, 6) is -0.282. The van der Waals surface area contributed by atoms with Crippen LogP contribution in [0.25, 0.3) is 0 Å². The summed E-state index contributed by atoms with van der Waals surface area (Å²) in [7, 11) is 1.76. The Morgan fingerprint density at radius 1 is 1.35 bits per heavy atom. The van der Waals surface area contributed by atoms with E-state index in [1.165, 1.54) is 5.56 Å². The zero-order valence-corrected chi connectivity index (χ0v) is 10.3. The van der Waals surface area contributed by atoms with Gasteiger partial charge in [0.05, 0.1) is 6.04 Å². The van der Waals surface area contributed by atoms with Gasteiger partial charge in [0.15, 0.2) is 0 Å². The Balaban J connectivity index is 2.10. The molecule has 0 bridgehead atoms. The van der Waals surface area contributed by atoms with Gasteiger partial charge in [0, 0.05) is 6.54 Å². The molecule has 0 unspecified atom stereocenters. The number of rotatable bonds is 8. The molecule has 0 aliphatic heterocycles. The number of hydrogen-bond donors (Lipinski definition) is 3. The minimum absolute atomic E-state index is 0.214. The smallest absolute Gasteiger partial charge is 0.234 e. The van der Waals surface area contributed by atoms with Crippen molar-refractivity contribution in [2.24, 2.45) is 5.73 Å². The number of hydrogen-bond acceptors (Lipinski definition) is 3. The normalized spacial score (nSPS) is 12.3. The molecule has 1 atom stereocenters. The molecular formula is C13H21N3O. The summed E-state index contributed by atoms with van der Waals surface area (Å²) in [6.45, 7) is 1.75. The number of amides is 1. The first kappa shape index (κ1) is 13.7. The fourth-order valence-corrected chi connectivity index (χ4v) is 1.69. The highest BCUT2D eigenvalue weighted by atomic mass is 16.1. The van der Waals surface area contributed by atoms with Crippen LogP contribution in [-0.4, -0.2) is 25.5 Å². The number of carbonyl (C=O) groups is 1. The van der Waals surface area contributed by atoms with Crippen molar-refractivity contribution in [2.45, 2.75) is 25.4 Å². The quantitative estimate of drug-likeness (QED) is 0.579. The van der Waals surface area contributed by atoms with E-state index >= 15 is 0 Å². The van der Waals surface area contributed by atoms with E-state index in [0.29, 0.717) is 0 Å². The average Bonchev–Trinajstić information content (AvgIpc) is 2.34. The van der Waals surface area contributed by atoms with Gasteiger partial charge in [0.25, 0.3) is 0 Å². The van der Waals surface area contributed by atoms with Gasteiger partial charge in [0.2, 0.25) is 5.91 Å². The lowest BCUT2D eigenvalue weighted by molar-refractivity contribution is -0.120. The lowest BCUT2D eigenvalue weighted by atomic mass is 10.1. The zero-order valence-electron chi connectivity index (χ0n) is 10.3. The molecule has 0 saturated carbocycles. The van der Waals surface area contributed by atoms with Gasteiger partial charge in [-0.05, 0) is 32.0 Å². The SMILES string of the molecule is CN[C@@H](CCCNCc1ccccc1)C(N)=O. The van der Waals surface area contributed by atoms with E-state index in [-0.39, 0.29) is 11.9 Å². The van der Waals surface area contributed by atoms with Crippen molar-refractivity contribution in [3.8, 4) is 0 Å². The van der Waals surface area contributed by atoms with Gasteiger partial charge < -0.3 is 16.4 Å². The fraction of sp³-hybridized carbons (Fsp3) is 0.462. The zero-order chi connectivity index (χ0) is 12.5. The second-order valence-electron chi connectivity index (χ2n) is 4.05. The largest absolute Gasteiger partial charge is 0.368 e. The molecule has 0 aliphatic rings. The van der Waals surface area contributed by atoms with Crippen molar-refractivity contribution in [3.63, 3.8) is 0 Å². The van der Waals surface area contributed by atoms with Crippen molar-refractivity contribution in [2.75, 3.05) is 13.6 Å². The van der Waals surface area contributed by atoms with E-state index in [1.54, 1.807) is 7.05 Å². The molecule has 0 aromatic heterocycles. The Kier molecular flexibility index (Phi) is 6.29. The van der Waals surface area contributed by atoms with Gasteiger partial charge in [0.1, 0.15) is 0 Å². The van der Waals surface area contributed by atoms with Crippen LogP contribution in [0.5, 0.6) is 0 Å². The Hall–Kier alpha value is -1.39. The van der Waals surface area contributed by atoms with E-state index < -0.39 is 0 Å². The molecule has 1 aromatic rings. The molecule has 4 heteroatoms. The number of likely N-dealkylation sites (N-methyl/N-ethyl adjacent to an activating group) is 1. The Labute approximate surface area is 103 Å². The van der Waals surface area contributed by atoms with Crippen molar-refractivity contribution in [3.05, 3.63) is 35.9 Å². The molecule has 1 amide bonds. The minimum atomic E-state index is -0.282. The summed E-state index contributed by atoms with van der Waals surface area (Å²) in [5, 5.41) is 6.25. The maximum absolute atomic E-state index is 11.0. The summed E-state index contributed by atoms with van der Waals surface area (Å²) in [5.41, 5.74) is 6.50. The first-order chi connectivity index (χ1) is 8.24. The Morgan fingerprint density at radius 2 is 2.06 bits per heavy atom. The lowest BCUT2D eigenvalue weighted by Crippen LogP contribution is -2.39. The van der Waals surface area contributed by atoms with Crippen molar-refractivity contribution >= 4 is 5.91 Å². The molecule has 17 heavy (non-hydrogen) atoms. The molecule has 94 valence electrons. The van der Waals surface area contributed by atoms with Crippen LogP contribution < -0.4 is 16.4 Å². The van der Waals surface area contributed by atoms with Crippen LogP contribution in [0.3, 0.4) is 0 Å². The van der Waals surface area contributed by atoms with Crippen LogP contribution in [0.4, 0.5) is 0 Å². The molecule has 1 rings (SSSR count). The van der Waals surface area contributed by atoms with E-state index in [0.717, 1.165) is 25.9 Å². The molecule has 0 fully saturated rings. The summed E-state index contributed by atoms with van der Waals surface area (Å²) in [6.07, 6.45) is 1.70. The van der Waals surface area contributed by atoms with Gasteiger partial charge in [-0.2, -0.15) is 0 Å². The van der Waals surface area contributed by atoms with Gasteiger partial charge in [-0.15, -0.1) is 0 Å². The summed E-state index contributed by atoms with van der Waals surface area (Å²) in [6, 6.07) is 10.0. The summed E-state index contributed by atoms with van der Waals surface area (Å²) < 4.78 is 0. The number of nitrogens with two attached hydrogens (primary N) is 1. The monoisotopic (exact) mass is 235 g/mol. The lowest BCUT2D eigenvalue weighted by Gasteiger charge is -2.12. The first-order valence-electron chi connectivity index (χ1n) is 5.95. The maximum atomic E-state index is 11.0. The van der Waals surface area contributed by atoms with Gasteiger partial charge in [-0.25, -0.2) is 0 Å². The molecule has 0 spiro atoms. The third kappa shape index (κ3) is 5.47. The molecule has 0 saturated heterocycles. The van der Waals surface area contributed by atoms with E-state index in [9.17, 15) is 4.79 Å². The second-order valence-corrected chi connectivity index (χ2v) is 4.05. The highest BCUT2D eigenvalue weighted by Gasteiger charge is 2.10. The predicted octanol–water partition coefficient (Wildman–Crippen LogP) is 0.630. The highest BCUT2D eigenvalue weighted by Crippen LogP contribution is 1.98. The Bertz CT molecular complexity index is 327. The third-order valence-electron chi connectivity index (χ3n) is 2.71. The number of benzene rings is 1. The molecule has 0 aliphatic carbocycles. The van der Waals surface area contributed by atoms with Gasteiger partial charge in [-0.1, -0.05) is 30.3 Å². The van der Waals surface area contributed by atoms with Crippen LogP contribution in [0.1, 0.15) is 18.4 Å².